The molecule has 0 bridgehead atoms. The van der Waals surface area contributed by atoms with Gasteiger partial charge < -0.3 is 10.1 Å². The lowest BCUT2D eigenvalue weighted by atomic mass is 10.1. The van der Waals surface area contributed by atoms with Crippen molar-refractivity contribution in [3.8, 4) is 11.9 Å². The van der Waals surface area contributed by atoms with E-state index in [0.29, 0.717) is 11.2 Å². The quantitative estimate of drug-likeness (QED) is 0.728. The molecule has 0 aliphatic heterocycles. The van der Waals surface area contributed by atoms with Crippen LogP contribution >= 0.6 is 0 Å². The number of rotatable bonds is 2. The van der Waals surface area contributed by atoms with Gasteiger partial charge in [0.15, 0.2) is 0 Å². The van der Waals surface area contributed by atoms with Crippen molar-refractivity contribution in [2.75, 3.05) is 0 Å². The molecule has 0 unspecified atom stereocenters. The van der Waals surface area contributed by atoms with Gasteiger partial charge >= 0.3 is 0 Å². The predicted octanol–water partition coefficient (Wildman–Crippen LogP) is 1.19. The van der Waals surface area contributed by atoms with E-state index in [4.69, 9.17) is 5.26 Å². The number of nitriles is 1. The zero-order valence-electron chi connectivity index (χ0n) is 10.4. The molecule has 0 amide bonds. The third kappa shape index (κ3) is 1.91. The van der Waals surface area contributed by atoms with Gasteiger partial charge in [0.1, 0.15) is 5.65 Å². The number of nitrogens with one attached hydrogen (secondary N) is 1. The molecule has 98 valence electrons. The molecule has 1 aromatic carbocycles. The van der Waals surface area contributed by atoms with Crippen LogP contribution in [0.3, 0.4) is 0 Å². The van der Waals surface area contributed by atoms with Crippen molar-refractivity contribution in [3.63, 3.8) is 0 Å². The van der Waals surface area contributed by atoms with Crippen LogP contribution in [0.25, 0.3) is 5.65 Å². The summed E-state index contributed by atoms with van der Waals surface area (Å²) in [7, 11) is 0. The van der Waals surface area contributed by atoms with Gasteiger partial charge in [-0.2, -0.15) is 14.9 Å². The van der Waals surface area contributed by atoms with E-state index in [1.54, 1.807) is 30.3 Å². The Hall–Kier alpha value is -3.07. The van der Waals surface area contributed by atoms with Crippen LogP contribution in [0.15, 0.2) is 41.3 Å². The molecule has 0 spiro atoms. The Kier molecular flexibility index (Phi) is 2.73. The molecule has 0 aliphatic rings. The largest absolute Gasteiger partial charge is 0.493 e. The minimum absolute atomic E-state index is 0.168. The van der Waals surface area contributed by atoms with Gasteiger partial charge in [0.25, 0.3) is 5.56 Å². The van der Waals surface area contributed by atoms with E-state index < -0.39 is 0 Å². The molecule has 6 heteroatoms. The Labute approximate surface area is 113 Å². The van der Waals surface area contributed by atoms with E-state index in [9.17, 15) is 9.90 Å². The van der Waals surface area contributed by atoms with E-state index in [0.717, 1.165) is 5.56 Å². The summed E-state index contributed by atoms with van der Waals surface area (Å²) < 4.78 is 1.28. The summed E-state index contributed by atoms with van der Waals surface area (Å²) >= 11 is 0. The minimum Gasteiger partial charge on any atom is -0.493 e. The lowest BCUT2D eigenvalue weighted by molar-refractivity contribution is 0.428. The SMILES string of the molecule is N#Cc1ccc(Cc2c(O)n3nccc3[nH]c2=O)cc1. The first-order valence-electron chi connectivity index (χ1n) is 5.96. The van der Waals surface area contributed by atoms with Crippen molar-refractivity contribution in [1.29, 1.82) is 5.26 Å². The molecule has 2 aromatic heterocycles. The van der Waals surface area contributed by atoms with Gasteiger partial charge in [0.05, 0.1) is 23.4 Å². The molecular weight excluding hydrogens is 256 g/mol. The van der Waals surface area contributed by atoms with Crippen molar-refractivity contribution in [2.45, 2.75) is 6.42 Å². The Balaban J connectivity index is 2.05. The van der Waals surface area contributed by atoms with E-state index in [-0.39, 0.29) is 23.4 Å². The van der Waals surface area contributed by atoms with Crippen LogP contribution in [-0.4, -0.2) is 19.7 Å². The van der Waals surface area contributed by atoms with Gasteiger partial charge in [0.2, 0.25) is 5.88 Å². The monoisotopic (exact) mass is 266 g/mol. The molecule has 0 fully saturated rings. The number of nitrogens with zero attached hydrogens (tertiary/aromatic N) is 3. The van der Waals surface area contributed by atoms with Crippen LogP contribution in [0.2, 0.25) is 0 Å². The first-order valence-corrected chi connectivity index (χ1v) is 5.96. The second-order valence-electron chi connectivity index (χ2n) is 4.37. The molecule has 20 heavy (non-hydrogen) atoms. The van der Waals surface area contributed by atoms with Crippen LogP contribution in [-0.2, 0) is 6.42 Å². The van der Waals surface area contributed by atoms with Gasteiger partial charge in [-0.1, -0.05) is 12.1 Å². The first kappa shape index (κ1) is 12.0. The molecule has 0 saturated carbocycles. The molecule has 3 aromatic rings. The molecule has 2 N–H and O–H groups in total. The number of aromatic hydroxyl groups is 1. The third-order valence-electron chi connectivity index (χ3n) is 3.09. The Morgan fingerprint density at radius 3 is 2.75 bits per heavy atom. The van der Waals surface area contributed by atoms with Crippen LogP contribution in [0.5, 0.6) is 5.88 Å². The third-order valence-corrected chi connectivity index (χ3v) is 3.09. The van der Waals surface area contributed by atoms with Gasteiger partial charge in [0, 0.05) is 12.5 Å². The van der Waals surface area contributed by atoms with E-state index in [2.05, 4.69) is 10.1 Å². The van der Waals surface area contributed by atoms with Crippen molar-refractivity contribution in [1.82, 2.24) is 14.6 Å². The van der Waals surface area contributed by atoms with Gasteiger partial charge in [-0.25, -0.2) is 0 Å². The predicted molar refractivity (Wildman–Crippen MR) is 71.4 cm³/mol. The normalized spacial score (nSPS) is 10.6. The Morgan fingerprint density at radius 1 is 1.30 bits per heavy atom. The van der Waals surface area contributed by atoms with Crippen molar-refractivity contribution in [2.24, 2.45) is 0 Å². The molecule has 2 heterocycles. The summed E-state index contributed by atoms with van der Waals surface area (Å²) in [6.07, 6.45) is 1.76. The maximum absolute atomic E-state index is 12.0. The highest BCUT2D eigenvalue weighted by atomic mass is 16.3. The number of fused-ring (bicyclic) bond motifs is 1. The lowest BCUT2D eigenvalue weighted by Gasteiger charge is -2.05. The Bertz CT molecular complexity index is 869. The van der Waals surface area contributed by atoms with Crippen molar-refractivity contribution >= 4 is 5.65 Å². The number of aromatic nitrogens is 3. The van der Waals surface area contributed by atoms with Crippen LogP contribution < -0.4 is 5.56 Å². The molecule has 0 saturated heterocycles. The molecular formula is C14H10N4O2. The highest BCUT2D eigenvalue weighted by Gasteiger charge is 2.12. The maximum Gasteiger partial charge on any atom is 0.258 e. The summed E-state index contributed by atoms with van der Waals surface area (Å²) in [6, 6.07) is 10.5. The highest BCUT2D eigenvalue weighted by Crippen LogP contribution is 2.17. The summed E-state index contributed by atoms with van der Waals surface area (Å²) in [4.78, 5) is 14.6. The molecule has 3 rings (SSSR count). The van der Waals surface area contributed by atoms with Gasteiger partial charge in [-0.15, -0.1) is 0 Å². The molecule has 0 aliphatic carbocycles. The summed E-state index contributed by atoms with van der Waals surface area (Å²) in [6.45, 7) is 0. The number of hydrogen-bond acceptors (Lipinski definition) is 4. The lowest BCUT2D eigenvalue weighted by Crippen LogP contribution is -2.16. The summed E-state index contributed by atoms with van der Waals surface area (Å²) in [5.41, 5.74) is 1.72. The molecule has 0 radical (unpaired) electrons. The minimum atomic E-state index is -0.347. The average molecular weight is 266 g/mol. The van der Waals surface area contributed by atoms with Crippen LogP contribution in [0.1, 0.15) is 16.7 Å². The standard InChI is InChI=1S/C14H10N4O2/c15-8-10-3-1-9(2-4-10)7-11-13(19)17-12-5-6-16-18(12)14(11)20/h1-6,20H,7H2,(H,17,19). The fourth-order valence-electron chi connectivity index (χ4n) is 2.05. The van der Waals surface area contributed by atoms with Crippen LogP contribution in [0.4, 0.5) is 0 Å². The van der Waals surface area contributed by atoms with E-state index in [1.807, 2.05) is 6.07 Å². The molecule has 6 nitrogen and oxygen atoms in total. The number of H-pyrrole nitrogens is 1. The number of hydrogen-bond donors (Lipinski definition) is 2. The number of benzene rings is 1. The second kappa shape index (κ2) is 4.55. The fraction of sp³-hybridized carbons (Fsp3) is 0.0714. The second-order valence-corrected chi connectivity index (χ2v) is 4.37. The van der Waals surface area contributed by atoms with Crippen LogP contribution in [0, 0.1) is 11.3 Å². The fourth-order valence-corrected chi connectivity index (χ4v) is 2.05. The van der Waals surface area contributed by atoms with Crippen molar-refractivity contribution < 1.29 is 5.11 Å². The smallest absolute Gasteiger partial charge is 0.258 e. The van der Waals surface area contributed by atoms with E-state index >= 15 is 0 Å². The summed E-state index contributed by atoms with van der Waals surface area (Å²) in [5, 5.41) is 22.8. The number of aromatic amines is 1. The van der Waals surface area contributed by atoms with Gasteiger partial charge in [-0.05, 0) is 17.7 Å². The van der Waals surface area contributed by atoms with Gasteiger partial charge in [-0.3, -0.25) is 4.79 Å². The highest BCUT2D eigenvalue weighted by molar-refractivity contribution is 5.43. The first-order chi connectivity index (χ1) is 9.69. The zero-order valence-corrected chi connectivity index (χ0v) is 10.4. The average Bonchev–Trinajstić information content (AvgIpc) is 2.92. The Morgan fingerprint density at radius 2 is 2.05 bits per heavy atom. The van der Waals surface area contributed by atoms with E-state index in [1.165, 1.54) is 10.7 Å². The van der Waals surface area contributed by atoms with Crippen molar-refractivity contribution in [3.05, 3.63) is 63.6 Å². The molecule has 0 atom stereocenters. The zero-order chi connectivity index (χ0) is 14.1. The summed E-state index contributed by atoms with van der Waals surface area (Å²) in [5.74, 6) is -0.168. The topological polar surface area (TPSA) is 94.2 Å². The maximum atomic E-state index is 12.0.